The van der Waals surface area contributed by atoms with Crippen LogP contribution in [0.4, 0.5) is 0 Å². The lowest BCUT2D eigenvalue weighted by Crippen LogP contribution is -2.40. The van der Waals surface area contributed by atoms with E-state index in [1.807, 2.05) is 0 Å². The van der Waals surface area contributed by atoms with Crippen LogP contribution < -0.4 is 5.32 Å². The SMILES string of the molecule is O=C(NCc1cccc(CN2CCCCCC2)c1)C1CCN(Cc2ccc(Br)cc2)CC1. The van der Waals surface area contributed by atoms with Gasteiger partial charge in [-0.1, -0.05) is 65.2 Å². The van der Waals surface area contributed by atoms with Crippen molar-refractivity contribution >= 4 is 21.8 Å². The van der Waals surface area contributed by atoms with Gasteiger partial charge in [-0.2, -0.15) is 0 Å². The number of carbonyl (C=O) groups is 1. The molecule has 1 amide bonds. The lowest BCUT2D eigenvalue weighted by atomic mass is 9.95. The Balaban J connectivity index is 1.20. The Morgan fingerprint density at radius 2 is 1.44 bits per heavy atom. The Labute approximate surface area is 201 Å². The molecular weight excluding hydrogens is 462 g/mol. The van der Waals surface area contributed by atoms with Crippen molar-refractivity contribution in [2.75, 3.05) is 26.2 Å². The van der Waals surface area contributed by atoms with E-state index in [4.69, 9.17) is 0 Å². The standard InChI is InChI=1S/C27H36BrN3O/c28-26-10-8-22(9-11-26)20-31-16-12-25(13-17-31)27(32)29-19-23-6-5-7-24(18-23)21-30-14-3-1-2-4-15-30/h5-11,18,25H,1-4,12-17,19-21H2,(H,29,32). The number of halogens is 1. The average Bonchev–Trinajstić information content (AvgIpc) is 3.08. The van der Waals surface area contributed by atoms with E-state index >= 15 is 0 Å². The molecule has 2 saturated heterocycles. The number of nitrogens with one attached hydrogen (secondary N) is 1. The van der Waals surface area contributed by atoms with Gasteiger partial charge in [0.15, 0.2) is 0 Å². The molecule has 0 unspecified atom stereocenters. The molecule has 172 valence electrons. The molecule has 32 heavy (non-hydrogen) atoms. The zero-order valence-electron chi connectivity index (χ0n) is 19.1. The summed E-state index contributed by atoms with van der Waals surface area (Å²) in [6, 6.07) is 17.3. The lowest BCUT2D eigenvalue weighted by Gasteiger charge is -2.31. The Morgan fingerprint density at radius 3 is 2.16 bits per heavy atom. The summed E-state index contributed by atoms with van der Waals surface area (Å²) in [5.74, 6) is 0.350. The van der Waals surface area contributed by atoms with Crippen LogP contribution in [0.1, 0.15) is 55.2 Å². The largest absolute Gasteiger partial charge is 0.352 e. The first kappa shape index (κ1) is 23.5. The fourth-order valence-corrected chi connectivity index (χ4v) is 5.19. The maximum Gasteiger partial charge on any atom is 0.223 e. The molecule has 0 aliphatic carbocycles. The van der Waals surface area contributed by atoms with Gasteiger partial charge in [0.05, 0.1) is 0 Å². The number of carbonyl (C=O) groups excluding carboxylic acids is 1. The maximum absolute atomic E-state index is 12.8. The van der Waals surface area contributed by atoms with E-state index in [0.717, 1.165) is 43.5 Å². The molecule has 0 atom stereocenters. The molecule has 0 saturated carbocycles. The fraction of sp³-hybridized carbons (Fsp3) is 0.519. The topological polar surface area (TPSA) is 35.6 Å². The molecule has 0 bridgehead atoms. The number of hydrogen-bond donors (Lipinski definition) is 1. The number of piperidine rings is 1. The van der Waals surface area contributed by atoms with E-state index in [0.29, 0.717) is 6.54 Å². The Bertz CT molecular complexity index is 853. The molecule has 2 aromatic rings. The van der Waals surface area contributed by atoms with Gasteiger partial charge in [-0.15, -0.1) is 0 Å². The van der Waals surface area contributed by atoms with Crippen molar-refractivity contribution in [1.82, 2.24) is 15.1 Å². The molecule has 2 aliphatic heterocycles. The lowest BCUT2D eigenvalue weighted by molar-refractivity contribution is -0.126. The first-order valence-electron chi connectivity index (χ1n) is 12.2. The van der Waals surface area contributed by atoms with Crippen LogP contribution in [-0.4, -0.2) is 41.9 Å². The molecule has 0 aromatic heterocycles. The minimum Gasteiger partial charge on any atom is -0.352 e. The highest BCUT2D eigenvalue weighted by Crippen LogP contribution is 2.21. The van der Waals surface area contributed by atoms with Crippen LogP contribution in [0.3, 0.4) is 0 Å². The summed E-state index contributed by atoms with van der Waals surface area (Å²) in [5, 5.41) is 3.20. The quantitative estimate of drug-likeness (QED) is 0.559. The summed E-state index contributed by atoms with van der Waals surface area (Å²) in [7, 11) is 0. The second-order valence-electron chi connectivity index (χ2n) is 9.41. The first-order chi connectivity index (χ1) is 15.7. The second kappa shape index (κ2) is 12.0. The molecular formula is C27H36BrN3O. The molecule has 2 heterocycles. The van der Waals surface area contributed by atoms with E-state index in [1.54, 1.807) is 0 Å². The van der Waals surface area contributed by atoms with Gasteiger partial charge in [-0.3, -0.25) is 14.6 Å². The number of hydrogen-bond acceptors (Lipinski definition) is 3. The zero-order valence-corrected chi connectivity index (χ0v) is 20.7. The number of nitrogens with zero attached hydrogens (tertiary/aromatic N) is 2. The molecule has 0 spiro atoms. The predicted octanol–water partition coefficient (Wildman–Crippen LogP) is 5.35. The molecule has 5 heteroatoms. The molecule has 4 rings (SSSR count). The van der Waals surface area contributed by atoms with Crippen LogP contribution in [0.2, 0.25) is 0 Å². The van der Waals surface area contributed by atoms with Crippen molar-refractivity contribution in [3.63, 3.8) is 0 Å². The monoisotopic (exact) mass is 497 g/mol. The van der Waals surface area contributed by atoms with Gasteiger partial charge in [0.1, 0.15) is 0 Å². The number of likely N-dealkylation sites (tertiary alicyclic amines) is 2. The van der Waals surface area contributed by atoms with Gasteiger partial charge in [0, 0.05) is 30.0 Å². The van der Waals surface area contributed by atoms with Crippen LogP contribution in [0.15, 0.2) is 53.0 Å². The Hall–Kier alpha value is -1.69. The first-order valence-corrected chi connectivity index (χ1v) is 13.0. The van der Waals surface area contributed by atoms with Crippen LogP contribution in [0, 0.1) is 5.92 Å². The highest BCUT2D eigenvalue weighted by atomic mass is 79.9. The number of amides is 1. The number of benzene rings is 2. The van der Waals surface area contributed by atoms with Gasteiger partial charge in [0.25, 0.3) is 0 Å². The highest BCUT2D eigenvalue weighted by molar-refractivity contribution is 9.10. The van der Waals surface area contributed by atoms with E-state index in [-0.39, 0.29) is 11.8 Å². The molecule has 4 nitrogen and oxygen atoms in total. The van der Waals surface area contributed by atoms with Crippen molar-refractivity contribution < 1.29 is 4.79 Å². The average molecular weight is 499 g/mol. The van der Waals surface area contributed by atoms with E-state index in [9.17, 15) is 4.79 Å². The fourth-order valence-electron chi connectivity index (χ4n) is 4.93. The second-order valence-corrected chi connectivity index (χ2v) is 10.3. The van der Waals surface area contributed by atoms with Crippen molar-refractivity contribution in [1.29, 1.82) is 0 Å². The zero-order chi connectivity index (χ0) is 22.2. The minimum atomic E-state index is 0.136. The van der Waals surface area contributed by atoms with Gasteiger partial charge in [-0.05, 0) is 80.7 Å². The summed E-state index contributed by atoms with van der Waals surface area (Å²) >= 11 is 3.49. The maximum atomic E-state index is 12.8. The summed E-state index contributed by atoms with van der Waals surface area (Å²) in [6.07, 6.45) is 7.25. The van der Waals surface area contributed by atoms with Gasteiger partial charge >= 0.3 is 0 Å². The van der Waals surface area contributed by atoms with Crippen molar-refractivity contribution in [2.24, 2.45) is 5.92 Å². The minimum absolute atomic E-state index is 0.136. The Morgan fingerprint density at radius 1 is 0.812 bits per heavy atom. The molecule has 2 aromatic carbocycles. The molecule has 0 radical (unpaired) electrons. The summed E-state index contributed by atoms with van der Waals surface area (Å²) < 4.78 is 1.11. The predicted molar refractivity (Wildman–Crippen MR) is 134 cm³/mol. The third-order valence-electron chi connectivity index (χ3n) is 6.84. The van der Waals surface area contributed by atoms with Gasteiger partial charge in [-0.25, -0.2) is 0 Å². The summed E-state index contributed by atoms with van der Waals surface area (Å²) in [6.45, 7) is 7.01. The van der Waals surface area contributed by atoms with Crippen LogP contribution in [0.25, 0.3) is 0 Å². The van der Waals surface area contributed by atoms with E-state index in [1.165, 1.54) is 55.5 Å². The van der Waals surface area contributed by atoms with Crippen LogP contribution in [0.5, 0.6) is 0 Å². The Kier molecular flexibility index (Phi) is 8.77. The highest BCUT2D eigenvalue weighted by Gasteiger charge is 2.24. The van der Waals surface area contributed by atoms with E-state index in [2.05, 4.69) is 79.6 Å². The molecule has 2 fully saturated rings. The van der Waals surface area contributed by atoms with E-state index < -0.39 is 0 Å². The van der Waals surface area contributed by atoms with Crippen molar-refractivity contribution in [2.45, 2.75) is 58.2 Å². The summed E-state index contributed by atoms with van der Waals surface area (Å²) in [5.41, 5.74) is 3.90. The number of rotatable bonds is 7. The third-order valence-corrected chi connectivity index (χ3v) is 7.37. The normalized spacial score (nSPS) is 18.9. The summed E-state index contributed by atoms with van der Waals surface area (Å²) in [4.78, 5) is 17.8. The van der Waals surface area contributed by atoms with Crippen molar-refractivity contribution in [3.8, 4) is 0 Å². The van der Waals surface area contributed by atoms with Crippen LogP contribution in [-0.2, 0) is 24.4 Å². The molecule has 2 aliphatic rings. The van der Waals surface area contributed by atoms with Gasteiger partial charge in [0.2, 0.25) is 5.91 Å². The third kappa shape index (κ3) is 7.16. The van der Waals surface area contributed by atoms with Gasteiger partial charge < -0.3 is 5.32 Å². The van der Waals surface area contributed by atoms with Crippen LogP contribution >= 0.6 is 15.9 Å². The van der Waals surface area contributed by atoms with Crippen molar-refractivity contribution in [3.05, 3.63) is 69.7 Å². The molecule has 1 N–H and O–H groups in total. The smallest absolute Gasteiger partial charge is 0.223 e.